The molecule has 6 nitrogen and oxygen atoms in total. The lowest BCUT2D eigenvalue weighted by Crippen LogP contribution is -1.97. The van der Waals surface area contributed by atoms with Crippen molar-refractivity contribution in [3.8, 4) is 0 Å². The summed E-state index contributed by atoms with van der Waals surface area (Å²) in [4.78, 5) is 15.2. The van der Waals surface area contributed by atoms with Gasteiger partial charge in [0.05, 0.1) is 17.4 Å². The first-order valence-corrected chi connectivity index (χ1v) is 6.04. The number of aromatic carboxylic acids is 1. The normalized spacial score (nSPS) is 10.7. The number of aromatic amines is 1. The topological polar surface area (TPSA) is 90.9 Å². The van der Waals surface area contributed by atoms with E-state index in [1.807, 2.05) is 13.0 Å². The molecule has 0 saturated carbocycles. The first kappa shape index (κ1) is 12.2. The number of rotatable bonds is 3. The number of carboxylic acid groups (broad SMARTS) is 1. The predicted molar refractivity (Wildman–Crippen MR) is 75.3 cm³/mol. The van der Waals surface area contributed by atoms with E-state index in [0.717, 1.165) is 28.1 Å². The van der Waals surface area contributed by atoms with Crippen molar-refractivity contribution in [3.05, 3.63) is 47.8 Å². The minimum atomic E-state index is -0.938. The van der Waals surface area contributed by atoms with Crippen LogP contribution in [-0.2, 0) is 0 Å². The van der Waals surface area contributed by atoms with Gasteiger partial charge in [0.25, 0.3) is 0 Å². The molecule has 3 N–H and O–H groups in total. The van der Waals surface area contributed by atoms with Crippen molar-refractivity contribution in [2.45, 2.75) is 6.92 Å². The summed E-state index contributed by atoms with van der Waals surface area (Å²) in [6.45, 7) is 1.91. The van der Waals surface area contributed by atoms with Gasteiger partial charge in [-0.05, 0) is 37.3 Å². The van der Waals surface area contributed by atoms with E-state index in [1.165, 1.54) is 0 Å². The van der Waals surface area contributed by atoms with Crippen molar-refractivity contribution >= 4 is 28.4 Å². The quantitative estimate of drug-likeness (QED) is 0.679. The summed E-state index contributed by atoms with van der Waals surface area (Å²) < 4.78 is 0. The molecule has 1 aromatic carbocycles. The number of fused-ring (bicyclic) bond motifs is 1. The third kappa shape index (κ3) is 2.18. The minimum absolute atomic E-state index is 0.258. The molecule has 0 amide bonds. The highest BCUT2D eigenvalue weighted by molar-refractivity contribution is 5.90. The number of nitrogens with zero attached hydrogens (tertiary/aromatic N) is 2. The van der Waals surface area contributed by atoms with Crippen LogP contribution in [0.25, 0.3) is 11.0 Å². The Morgan fingerprint density at radius 1 is 1.30 bits per heavy atom. The Balaban J connectivity index is 1.96. The van der Waals surface area contributed by atoms with Crippen molar-refractivity contribution in [2.24, 2.45) is 0 Å². The average Bonchev–Trinajstić information content (AvgIpc) is 2.87. The van der Waals surface area contributed by atoms with Crippen LogP contribution in [0.3, 0.4) is 0 Å². The second-order valence-corrected chi connectivity index (χ2v) is 4.45. The van der Waals surface area contributed by atoms with Crippen molar-refractivity contribution in [1.29, 1.82) is 0 Å². The number of hydrogen-bond donors (Lipinski definition) is 3. The van der Waals surface area contributed by atoms with E-state index >= 15 is 0 Å². The van der Waals surface area contributed by atoms with E-state index in [9.17, 15) is 4.79 Å². The zero-order valence-corrected chi connectivity index (χ0v) is 10.7. The minimum Gasteiger partial charge on any atom is -0.478 e. The number of H-pyrrole nitrogens is 1. The lowest BCUT2D eigenvalue weighted by molar-refractivity contribution is 0.0697. The molecule has 0 atom stereocenters. The van der Waals surface area contributed by atoms with Gasteiger partial charge in [-0.3, -0.25) is 5.10 Å². The van der Waals surface area contributed by atoms with E-state index < -0.39 is 5.97 Å². The SMILES string of the molecule is Cc1cc(Nc2ccc(C(=O)O)cc2)c2[nH]ncc2n1. The smallest absolute Gasteiger partial charge is 0.335 e. The number of hydrogen-bond acceptors (Lipinski definition) is 4. The molecule has 0 aliphatic heterocycles. The Kier molecular flexibility index (Phi) is 2.83. The lowest BCUT2D eigenvalue weighted by atomic mass is 10.2. The lowest BCUT2D eigenvalue weighted by Gasteiger charge is -2.08. The van der Waals surface area contributed by atoms with Gasteiger partial charge in [0, 0.05) is 11.4 Å². The number of anilines is 2. The molecule has 0 spiro atoms. The number of carbonyl (C=O) groups is 1. The monoisotopic (exact) mass is 268 g/mol. The third-order valence-electron chi connectivity index (χ3n) is 2.95. The van der Waals surface area contributed by atoms with Gasteiger partial charge in [0.2, 0.25) is 0 Å². The fourth-order valence-corrected chi connectivity index (χ4v) is 2.02. The number of aryl methyl sites for hydroxylation is 1. The van der Waals surface area contributed by atoms with Gasteiger partial charge in [-0.2, -0.15) is 5.10 Å². The van der Waals surface area contributed by atoms with E-state index in [-0.39, 0.29) is 5.56 Å². The summed E-state index contributed by atoms with van der Waals surface area (Å²) in [5.41, 5.74) is 4.40. The highest BCUT2D eigenvalue weighted by atomic mass is 16.4. The maximum atomic E-state index is 10.8. The van der Waals surface area contributed by atoms with Gasteiger partial charge in [-0.1, -0.05) is 0 Å². The summed E-state index contributed by atoms with van der Waals surface area (Å²) in [7, 11) is 0. The first-order chi connectivity index (χ1) is 9.63. The van der Waals surface area contributed by atoms with Gasteiger partial charge >= 0.3 is 5.97 Å². The molecule has 6 heteroatoms. The van der Waals surface area contributed by atoms with E-state index in [4.69, 9.17) is 5.11 Å². The van der Waals surface area contributed by atoms with Gasteiger partial charge in [-0.15, -0.1) is 0 Å². The number of pyridine rings is 1. The molecule has 3 aromatic rings. The molecule has 3 rings (SSSR count). The van der Waals surface area contributed by atoms with Crippen LogP contribution >= 0.6 is 0 Å². The number of nitrogens with one attached hydrogen (secondary N) is 2. The second-order valence-electron chi connectivity index (χ2n) is 4.45. The largest absolute Gasteiger partial charge is 0.478 e. The molecule has 0 fully saturated rings. The van der Waals surface area contributed by atoms with Crippen LogP contribution < -0.4 is 5.32 Å². The van der Waals surface area contributed by atoms with Crippen LogP contribution in [-0.4, -0.2) is 26.3 Å². The summed E-state index contributed by atoms with van der Waals surface area (Å²) >= 11 is 0. The first-order valence-electron chi connectivity index (χ1n) is 6.04. The van der Waals surface area contributed by atoms with Crippen LogP contribution in [0.15, 0.2) is 36.5 Å². The Labute approximate surface area is 114 Å². The summed E-state index contributed by atoms with van der Waals surface area (Å²) in [5.74, 6) is -0.938. The van der Waals surface area contributed by atoms with Gasteiger partial charge in [-0.25, -0.2) is 9.78 Å². The van der Waals surface area contributed by atoms with Crippen LogP contribution in [0.1, 0.15) is 16.1 Å². The molecule has 0 bridgehead atoms. The van der Waals surface area contributed by atoms with Crippen molar-refractivity contribution in [3.63, 3.8) is 0 Å². The zero-order valence-electron chi connectivity index (χ0n) is 10.7. The van der Waals surface area contributed by atoms with Crippen molar-refractivity contribution in [2.75, 3.05) is 5.32 Å². The number of aromatic nitrogens is 3. The fourth-order valence-electron chi connectivity index (χ4n) is 2.02. The molecule has 100 valence electrons. The number of benzene rings is 1. The Morgan fingerprint density at radius 2 is 2.05 bits per heavy atom. The molecule has 0 saturated heterocycles. The molecule has 0 aliphatic carbocycles. The molecule has 20 heavy (non-hydrogen) atoms. The van der Waals surface area contributed by atoms with Crippen LogP contribution in [0.5, 0.6) is 0 Å². The second kappa shape index (κ2) is 4.65. The van der Waals surface area contributed by atoms with E-state index in [2.05, 4.69) is 20.5 Å². The Morgan fingerprint density at radius 3 is 2.75 bits per heavy atom. The molecule has 0 radical (unpaired) electrons. The number of carboxylic acids is 1. The molecular weight excluding hydrogens is 256 g/mol. The predicted octanol–water partition coefficient (Wildman–Crippen LogP) is 2.71. The van der Waals surface area contributed by atoms with Gasteiger partial charge < -0.3 is 10.4 Å². The van der Waals surface area contributed by atoms with Crippen LogP contribution in [0.2, 0.25) is 0 Å². The van der Waals surface area contributed by atoms with Crippen LogP contribution in [0.4, 0.5) is 11.4 Å². The van der Waals surface area contributed by atoms with E-state index in [1.54, 1.807) is 30.5 Å². The fraction of sp³-hybridized carbons (Fsp3) is 0.0714. The maximum Gasteiger partial charge on any atom is 0.335 e. The van der Waals surface area contributed by atoms with E-state index in [0.29, 0.717) is 0 Å². The highest BCUT2D eigenvalue weighted by Gasteiger charge is 2.07. The zero-order chi connectivity index (χ0) is 14.1. The summed E-state index contributed by atoms with van der Waals surface area (Å²) in [6.07, 6.45) is 1.67. The summed E-state index contributed by atoms with van der Waals surface area (Å²) in [5, 5.41) is 19.0. The molecule has 2 heterocycles. The maximum absolute atomic E-state index is 10.8. The summed E-state index contributed by atoms with van der Waals surface area (Å²) in [6, 6.07) is 8.47. The van der Waals surface area contributed by atoms with Crippen LogP contribution in [0, 0.1) is 6.92 Å². The molecule has 2 aromatic heterocycles. The molecule has 0 unspecified atom stereocenters. The van der Waals surface area contributed by atoms with Crippen molar-refractivity contribution < 1.29 is 9.90 Å². The highest BCUT2D eigenvalue weighted by Crippen LogP contribution is 2.24. The van der Waals surface area contributed by atoms with Crippen molar-refractivity contribution in [1.82, 2.24) is 15.2 Å². The molecule has 0 aliphatic rings. The van der Waals surface area contributed by atoms with Gasteiger partial charge in [0.1, 0.15) is 11.0 Å². The third-order valence-corrected chi connectivity index (χ3v) is 2.95. The van der Waals surface area contributed by atoms with Gasteiger partial charge in [0.15, 0.2) is 0 Å². The Bertz CT molecular complexity index is 777. The Hall–Kier alpha value is -2.89. The standard InChI is InChI=1S/C14H12N4O2/c1-8-6-11(13-12(16-8)7-15-18-13)17-10-4-2-9(3-5-10)14(19)20/h2-7H,1H3,(H,15,18)(H,16,17)(H,19,20). The molecular formula is C14H12N4O2. The average molecular weight is 268 g/mol.